The summed E-state index contributed by atoms with van der Waals surface area (Å²) in [5.41, 5.74) is 5.97. The Kier molecular flexibility index (Phi) is 4.72. The summed E-state index contributed by atoms with van der Waals surface area (Å²) in [7, 11) is 0. The third kappa shape index (κ3) is 3.62. The fourth-order valence-corrected chi connectivity index (χ4v) is 2.90. The highest BCUT2D eigenvalue weighted by atomic mass is 127. The molecule has 1 aromatic carbocycles. The van der Waals surface area contributed by atoms with Crippen molar-refractivity contribution in [3.63, 3.8) is 0 Å². The van der Waals surface area contributed by atoms with Gasteiger partial charge >= 0.3 is 0 Å². The van der Waals surface area contributed by atoms with Gasteiger partial charge < -0.3 is 11.1 Å². The Balaban J connectivity index is 2.06. The molecule has 0 aromatic heterocycles. The number of carbonyl (C=O) groups is 1. The van der Waals surface area contributed by atoms with E-state index >= 15 is 0 Å². The fraction of sp³-hybridized carbons (Fsp3) is 0.462. The molecule has 0 heterocycles. The van der Waals surface area contributed by atoms with E-state index in [1.54, 1.807) is 0 Å². The standard InChI is InChI=1S/C13H15F2IN2O/c14-10-5-9(12(16)6-11(10)15)13(19)18-8-3-1-7(17)2-4-8/h5-8H,1-4,17H2,(H,18,19). The molecule has 19 heavy (non-hydrogen) atoms. The molecule has 0 radical (unpaired) electrons. The maximum absolute atomic E-state index is 13.2. The zero-order valence-electron chi connectivity index (χ0n) is 10.3. The van der Waals surface area contributed by atoms with E-state index in [1.165, 1.54) is 0 Å². The van der Waals surface area contributed by atoms with Gasteiger partial charge in [0.15, 0.2) is 11.6 Å². The zero-order valence-corrected chi connectivity index (χ0v) is 12.4. The minimum absolute atomic E-state index is 0.0659. The number of hydrogen-bond acceptors (Lipinski definition) is 2. The third-order valence-electron chi connectivity index (χ3n) is 3.36. The molecule has 0 spiro atoms. The smallest absolute Gasteiger partial charge is 0.252 e. The highest BCUT2D eigenvalue weighted by Crippen LogP contribution is 2.20. The highest BCUT2D eigenvalue weighted by Gasteiger charge is 2.22. The molecule has 1 aliphatic carbocycles. The molecule has 104 valence electrons. The number of hydrogen-bond donors (Lipinski definition) is 2. The van der Waals surface area contributed by atoms with Crippen molar-refractivity contribution in [2.45, 2.75) is 37.8 Å². The van der Waals surface area contributed by atoms with E-state index in [2.05, 4.69) is 5.32 Å². The van der Waals surface area contributed by atoms with Crippen LogP contribution >= 0.6 is 22.6 Å². The van der Waals surface area contributed by atoms with Gasteiger partial charge in [-0.1, -0.05) is 0 Å². The maximum Gasteiger partial charge on any atom is 0.252 e. The van der Waals surface area contributed by atoms with Crippen molar-refractivity contribution >= 4 is 28.5 Å². The van der Waals surface area contributed by atoms with Gasteiger partial charge in [-0.05, 0) is 60.4 Å². The van der Waals surface area contributed by atoms with Crippen molar-refractivity contribution in [1.29, 1.82) is 0 Å². The number of rotatable bonds is 2. The van der Waals surface area contributed by atoms with Crippen LogP contribution in [-0.2, 0) is 0 Å². The van der Waals surface area contributed by atoms with Crippen LogP contribution in [0.2, 0.25) is 0 Å². The molecule has 1 saturated carbocycles. The molecule has 2 rings (SSSR count). The Hall–Kier alpha value is -0.760. The second kappa shape index (κ2) is 6.13. The predicted molar refractivity (Wildman–Crippen MR) is 76.8 cm³/mol. The minimum Gasteiger partial charge on any atom is -0.349 e. The molecular weight excluding hydrogens is 365 g/mol. The molecule has 3 N–H and O–H groups in total. The van der Waals surface area contributed by atoms with E-state index in [0.29, 0.717) is 3.57 Å². The highest BCUT2D eigenvalue weighted by molar-refractivity contribution is 14.1. The minimum atomic E-state index is -1.00. The van der Waals surface area contributed by atoms with Crippen LogP contribution < -0.4 is 11.1 Å². The van der Waals surface area contributed by atoms with Gasteiger partial charge in [0.05, 0.1) is 5.56 Å². The quantitative estimate of drug-likeness (QED) is 0.612. The number of amides is 1. The molecule has 0 bridgehead atoms. The van der Waals surface area contributed by atoms with E-state index in [9.17, 15) is 13.6 Å². The van der Waals surface area contributed by atoms with Gasteiger partial charge in [-0.2, -0.15) is 0 Å². The van der Waals surface area contributed by atoms with Crippen LogP contribution in [0.25, 0.3) is 0 Å². The predicted octanol–water partition coefficient (Wildman–Crippen LogP) is 2.57. The first-order valence-electron chi connectivity index (χ1n) is 6.18. The van der Waals surface area contributed by atoms with Crippen molar-refractivity contribution < 1.29 is 13.6 Å². The van der Waals surface area contributed by atoms with Gasteiger partial charge in [-0.15, -0.1) is 0 Å². The summed E-state index contributed by atoms with van der Waals surface area (Å²) in [5, 5.41) is 2.85. The molecular formula is C13H15F2IN2O. The number of carbonyl (C=O) groups excluding carboxylic acids is 1. The molecule has 1 amide bonds. The van der Waals surface area contributed by atoms with Crippen LogP contribution in [0.5, 0.6) is 0 Å². The lowest BCUT2D eigenvalue weighted by Gasteiger charge is -2.26. The Bertz CT molecular complexity index is 488. The molecule has 0 unspecified atom stereocenters. The first-order valence-corrected chi connectivity index (χ1v) is 7.26. The van der Waals surface area contributed by atoms with Crippen LogP contribution in [0.1, 0.15) is 36.0 Å². The number of benzene rings is 1. The lowest BCUT2D eigenvalue weighted by molar-refractivity contribution is 0.0924. The van der Waals surface area contributed by atoms with E-state index in [-0.39, 0.29) is 23.6 Å². The van der Waals surface area contributed by atoms with Crippen molar-refractivity contribution in [1.82, 2.24) is 5.32 Å². The van der Waals surface area contributed by atoms with Crippen LogP contribution in [-0.4, -0.2) is 18.0 Å². The van der Waals surface area contributed by atoms with Crippen molar-refractivity contribution in [3.05, 3.63) is 32.9 Å². The lowest BCUT2D eigenvalue weighted by atomic mass is 9.91. The second-order valence-electron chi connectivity index (χ2n) is 4.83. The molecule has 3 nitrogen and oxygen atoms in total. The topological polar surface area (TPSA) is 55.1 Å². The zero-order chi connectivity index (χ0) is 14.0. The van der Waals surface area contributed by atoms with Gasteiger partial charge in [0.25, 0.3) is 5.91 Å². The van der Waals surface area contributed by atoms with E-state index in [1.807, 2.05) is 22.6 Å². The van der Waals surface area contributed by atoms with Gasteiger partial charge in [0.1, 0.15) is 0 Å². The largest absolute Gasteiger partial charge is 0.349 e. The Morgan fingerprint density at radius 1 is 1.21 bits per heavy atom. The molecule has 0 aliphatic heterocycles. The average Bonchev–Trinajstić information content (AvgIpc) is 2.36. The van der Waals surface area contributed by atoms with Crippen molar-refractivity contribution in [2.75, 3.05) is 0 Å². The molecule has 0 saturated heterocycles. The van der Waals surface area contributed by atoms with Crippen LogP contribution in [0.15, 0.2) is 12.1 Å². The SMILES string of the molecule is NC1CCC(NC(=O)c2cc(F)c(F)cc2I)CC1. The molecule has 6 heteroatoms. The fourth-order valence-electron chi connectivity index (χ4n) is 2.22. The normalized spacial score (nSPS) is 23.2. The summed E-state index contributed by atoms with van der Waals surface area (Å²) in [5.74, 6) is -2.30. The number of nitrogens with one attached hydrogen (secondary N) is 1. The lowest BCUT2D eigenvalue weighted by Crippen LogP contribution is -2.40. The summed E-state index contributed by atoms with van der Waals surface area (Å²) in [6.45, 7) is 0. The average molecular weight is 380 g/mol. The van der Waals surface area contributed by atoms with E-state index in [4.69, 9.17) is 5.73 Å². The van der Waals surface area contributed by atoms with E-state index in [0.717, 1.165) is 37.8 Å². The van der Waals surface area contributed by atoms with Crippen LogP contribution in [0, 0.1) is 15.2 Å². The summed E-state index contributed by atoms with van der Waals surface area (Å²) in [4.78, 5) is 12.0. The number of halogens is 3. The van der Waals surface area contributed by atoms with Gasteiger partial charge in [0.2, 0.25) is 0 Å². The molecule has 1 fully saturated rings. The molecule has 0 atom stereocenters. The molecule has 1 aliphatic rings. The van der Waals surface area contributed by atoms with Crippen LogP contribution in [0.4, 0.5) is 8.78 Å². The maximum atomic E-state index is 13.2. The van der Waals surface area contributed by atoms with Gasteiger partial charge in [-0.3, -0.25) is 4.79 Å². The number of nitrogens with two attached hydrogens (primary N) is 1. The summed E-state index contributed by atoms with van der Waals surface area (Å²) >= 11 is 1.83. The van der Waals surface area contributed by atoms with Gasteiger partial charge in [-0.25, -0.2) is 8.78 Å². The van der Waals surface area contributed by atoms with E-state index < -0.39 is 11.6 Å². The Labute approximate surface area is 124 Å². The summed E-state index contributed by atoms with van der Waals surface area (Å²) in [6, 6.07) is 2.25. The van der Waals surface area contributed by atoms with Gasteiger partial charge in [0, 0.05) is 15.7 Å². The summed E-state index contributed by atoms with van der Waals surface area (Å²) in [6.07, 6.45) is 3.40. The first kappa shape index (κ1) is 14.6. The second-order valence-corrected chi connectivity index (χ2v) is 5.99. The van der Waals surface area contributed by atoms with Crippen LogP contribution in [0.3, 0.4) is 0 Å². The third-order valence-corrected chi connectivity index (χ3v) is 4.25. The first-order chi connectivity index (χ1) is 8.97. The van der Waals surface area contributed by atoms with Crippen molar-refractivity contribution in [2.24, 2.45) is 5.73 Å². The van der Waals surface area contributed by atoms with Crippen molar-refractivity contribution in [3.8, 4) is 0 Å². The Morgan fingerprint density at radius 2 is 1.79 bits per heavy atom. The molecule has 1 aromatic rings. The Morgan fingerprint density at radius 3 is 2.42 bits per heavy atom. The monoisotopic (exact) mass is 380 g/mol. The summed E-state index contributed by atoms with van der Waals surface area (Å²) < 4.78 is 26.6.